The van der Waals surface area contributed by atoms with Gasteiger partial charge in [-0.2, -0.15) is 0 Å². The molecule has 0 fully saturated rings. The molecule has 2 aromatic carbocycles. The lowest BCUT2D eigenvalue weighted by Gasteiger charge is -2.09. The molecule has 1 aromatic heterocycles. The van der Waals surface area contributed by atoms with Gasteiger partial charge >= 0.3 is 0 Å². The molecule has 0 spiro atoms. The van der Waals surface area contributed by atoms with Crippen LogP contribution in [0.15, 0.2) is 48.7 Å². The molecule has 0 saturated heterocycles. The zero-order valence-corrected chi connectivity index (χ0v) is 16.9. The normalized spacial score (nSPS) is 11.1. The summed E-state index contributed by atoms with van der Waals surface area (Å²) in [5, 5.41) is 4.30. The van der Waals surface area contributed by atoms with Crippen molar-refractivity contribution in [2.75, 3.05) is 34.3 Å². The van der Waals surface area contributed by atoms with E-state index in [1.807, 2.05) is 24.3 Å². The average Bonchev–Trinajstić information content (AvgIpc) is 3.09. The van der Waals surface area contributed by atoms with Gasteiger partial charge in [-0.05, 0) is 67.9 Å². The van der Waals surface area contributed by atoms with Gasteiger partial charge in [-0.3, -0.25) is 4.79 Å². The minimum atomic E-state index is 0.0413. The van der Waals surface area contributed by atoms with Crippen molar-refractivity contribution in [1.82, 2.24) is 15.2 Å². The number of fused-ring (bicyclic) bond motifs is 1. The molecular weight excluding hydrogens is 350 g/mol. The van der Waals surface area contributed by atoms with Crippen LogP contribution in [0.2, 0.25) is 0 Å². The number of hydrogen-bond acceptors (Lipinski definition) is 3. The van der Waals surface area contributed by atoms with Gasteiger partial charge in [0.25, 0.3) is 0 Å². The number of likely N-dealkylation sites (N-methyl/N-ethyl adjacent to an activating group) is 1. The van der Waals surface area contributed by atoms with Gasteiger partial charge in [-0.15, -0.1) is 0 Å². The quantitative estimate of drug-likeness (QED) is 0.600. The highest BCUT2D eigenvalue weighted by Gasteiger charge is 2.07. The van der Waals surface area contributed by atoms with Crippen molar-refractivity contribution in [2.45, 2.75) is 19.3 Å². The fraction of sp³-hybridized carbons (Fsp3) is 0.348. The van der Waals surface area contributed by atoms with E-state index in [1.165, 1.54) is 22.0 Å². The number of carbonyl (C=O) groups is 1. The van der Waals surface area contributed by atoms with E-state index in [0.29, 0.717) is 13.0 Å². The number of methoxy groups -OCH3 is 1. The maximum Gasteiger partial charge on any atom is 0.224 e. The van der Waals surface area contributed by atoms with Crippen LogP contribution in [0.3, 0.4) is 0 Å². The molecule has 1 heterocycles. The monoisotopic (exact) mass is 379 g/mol. The first kappa shape index (κ1) is 20.0. The van der Waals surface area contributed by atoms with Crippen molar-refractivity contribution in [1.29, 1.82) is 0 Å². The predicted molar refractivity (Wildman–Crippen MR) is 114 cm³/mol. The molecular formula is C23H29N3O2. The van der Waals surface area contributed by atoms with E-state index in [4.69, 9.17) is 4.74 Å². The average molecular weight is 380 g/mol. The number of ether oxygens (including phenoxy) is 1. The number of aromatic amines is 1. The summed E-state index contributed by atoms with van der Waals surface area (Å²) < 4.78 is 5.14. The fourth-order valence-corrected chi connectivity index (χ4v) is 3.27. The van der Waals surface area contributed by atoms with Crippen LogP contribution in [0.25, 0.3) is 10.9 Å². The van der Waals surface area contributed by atoms with Gasteiger partial charge in [-0.1, -0.05) is 18.2 Å². The molecule has 1 amide bonds. The van der Waals surface area contributed by atoms with Crippen molar-refractivity contribution < 1.29 is 9.53 Å². The Morgan fingerprint density at radius 1 is 1.07 bits per heavy atom. The number of nitrogens with one attached hydrogen (secondary N) is 2. The number of benzene rings is 2. The molecule has 0 bridgehead atoms. The maximum absolute atomic E-state index is 12.2. The van der Waals surface area contributed by atoms with Crippen molar-refractivity contribution in [2.24, 2.45) is 0 Å². The smallest absolute Gasteiger partial charge is 0.224 e. The van der Waals surface area contributed by atoms with E-state index in [9.17, 15) is 4.79 Å². The van der Waals surface area contributed by atoms with E-state index in [-0.39, 0.29) is 5.91 Å². The zero-order valence-electron chi connectivity index (χ0n) is 16.9. The number of H-pyrrole nitrogens is 1. The molecule has 3 aromatic rings. The van der Waals surface area contributed by atoms with E-state index in [0.717, 1.165) is 30.7 Å². The van der Waals surface area contributed by atoms with Gasteiger partial charge in [-0.25, -0.2) is 0 Å². The van der Waals surface area contributed by atoms with Crippen LogP contribution in [0, 0.1) is 0 Å². The standard InChI is InChI=1S/C23H29N3O2/c1-26(2)13-11-19-16-25-22-9-6-18(14-21(19)22)10-12-24-23(27)15-17-4-7-20(28-3)8-5-17/h4-9,14,16,25H,10-13,15H2,1-3H3,(H,24,27). The highest BCUT2D eigenvalue weighted by atomic mass is 16.5. The number of amides is 1. The van der Waals surface area contributed by atoms with Crippen LogP contribution >= 0.6 is 0 Å². The number of hydrogen-bond donors (Lipinski definition) is 2. The molecule has 0 unspecified atom stereocenters. The first-order valence-electron chi connectivity index (χ1n) is 9.68. The fourth-order valence-electron chi connectivity index (χ4n) is 3.27. The van der Waals surface area contributed by atoms with Gasteiger partial charge in [0, 0.05) is 30.2 Å². The topological polar surface area (TPSA) is 57.4 Å². The van der Waals surface area contributed by atoms with E-state index in [1.54, 1.807) is 7.11 Å². The Hall–Kier alpha value is -2.79. The summed E-state index contributed by atoms with van der Waals surface area (Å²) in [5.74, 6) is 0.841. The van der Waals surface area contributed by atoms with Crippen molar-refractivity contribution >= 4 is 16.8 Å². The van der Waals surface area contributed by atoms with Crippen molar-refractivity contribution in [3.8, 4) is 5.75 Å². The Kier molecular flexibility index (Phi) is 6.71. The molecule has 5 heteroatoms. The zero-order chi connectivity index (χ0) is 19.9. The highest BCUT2D eigenvalue weighted by Crippen LogP contribution is 2.21. The predicted octanol–water partition coefficient (Wildman–Crippen LogP) is 3.18. The first-order chi connectivity index (χ1) is 13.5. The van der Waals surface area contributed by atoms with Crippen LogP contribution in [0.4, 0.5) is 0 Å². The maximum atomic E-state index is 12.2. The first-order valence-corrected chi connectivity index (χ1v) is 9.68. The molecule has 0 aliphatic heterocycles. The molecule has 28 heavy (non-hydrogen) atoms. The summed E-state index contributed by atoms with van der Waals surface area (Å²) in [6.45, 7) is 1.66. The minimum Gasteiger partial charge on any atom is -0.497 e. The molecule has 148 valence electrons. The molecule has 0 saturated carbocycles. The molecule has 3 rings (SSSR count). The summed E-state index contributed by atoms with van der Waals surface area (Å²) in [5.41, 5.74) is 4.73. The Balaban J connectivity index is 1.52. The minimum absolute atomic E-state index is 0.0413. The van der Waals surface area contributed by atoms with Crippen LogP contribution in [0.5, 0.6) is 5.75 Å². The van der Waals surface area contributed by atoms with Crippen molar-refractivity contribution in [3.63, 3.8) is 0 Å². The van der Waals surface area contributed by atoms with Gasteiger partial charge in [0.15, 0.2) is 0 Å². The van der Waals surface area contributed by atoms with Crippen LogP contribution in [-0.2, 0) is 24.1 Å². The van der Waals surface area contributed by atoms with E-state index in [2.05, 4.69) is 53.7 Å². The van der Waals surface area contributed by atoms with Crippen LogP contribution in [-0.4, -0.2) is 50.1 Å². The third kappa shape index (κ3) is 5.36. The Labute approximate surface area is 166 Å². The van der Waals surface area contributed by atoms with E-state index >= 15 is 0 Å². The largest absolute Gasteiger partial charge is 0.497 e. The van der Waals surface area contributed by atoms with Crippen LogP contribution in [0.1, 0.15) is 16.7 Å². The van der Waals surface area contributed by atoms with Gasteiger partial charge in [0.2, 0.25) is 5.91 Å². The molecule has 2 N–H and O–H groups in total. The second kappa shape index (κ2) is 9.42. The molecule has 0 aliphatic carbocycles. The van der Waals surface area contributed by atoms with Gasteiger partial charge in [0.1, 0.15) is 5.75 Å². The van der Waals surface area contributed by atoms with E-state index < -0.39 is 0 Å². The summed E-state index contributed by atoms with van der Waals surface area (Å²) in [7, 11) is 5.82. The highest BCUT2D eigenvalue weighted by molar-refractivity contribution is 5.84. The lowest BCUT2D eigenvalue weighted by Crippen LogP contribution is -2.27. The molecule has 5 nitrogen and oxygen atoms in total. The van der Waals surface area contributed by atoms with Crippen molar-refractivity contribution in [3.05, 3.63) is 65.4 Å². The molecule has 0 aliphatic rings. The second-order valence-corrected chi connectivity index (χ2v) is 7.37. The summed E-state index contributed by atoms with van der Waals surface area (Å²) in [6, 6.07) is 14.1. The number of aromatic nitrogens is 1. The Morgan fingerprint density at radius 2 is 1.82 bits per heavy atom. The third-order valence-electron chi connectivity index (χ3n) is 4.92. The van der Waals surface area contributed by atoms with Crippen LogP contribution < -0.4 is 10.1 Å². The SMILES string of the molecule is COc1ccc(CC(=O)NCCc2ccc3[nH]cc(CCN(C)C)c3c2)cc1. The molecule has 0 atom stereocenters. The summed E-state index contributed by atoms with van der Waals surface area (Å²) in [6.07, 6.45) is 4.34. The number of nitrogens with zero attached hydrogens (tertiary/aromatic N) is 1. The Morgan fingerprint density at radius 3 is 2.54 bits per heavy atom. The van der Waals surface area contributed by atoms with Gasteiger partial charge in [0.05, 0.1) is 13.5 Å². The lowest BCUT2D eigenvalue weighted by molar-refractivity contribution is -0.120. The summed E-state index contributed by atoms with van der Waals surface area (Å²) >= 11 is 0. The number of rotatable bonds is 9. The molecule has 0 radical (unpaired) electrons. The third-order valence-corrected chi connectivity index (χ3v) is 4.92. The number of carbonyl (C=O) groups excluding carboxylic acids is 1. The Bertz CT molecular complexity index is 913. The second-order valence-electron chi connectivity index (χ2n) is 7.37. The van der Waals surface area contributed by atoms with Gasteiger partial charge < -0.3 is 19.9 Å². The lowest BCUT2D eigenvalue weighted by atomic mass is 10.1. The summed E-state index contributed by atoms with van der Waals surface area (Å²) in [4.78, 5) is 17.7.